The number of benzene rings is 3. The molecule has 1 fully saturated rings. The summed E-state index contributed by atoms with van der Waals surface area (Å²) in [6.07, 6.45) is 0.881. The maximum Gasteiger partial charge on any atom is 0.243 e. The SMILES string of the molecule is CC(C)N(C(=O)C1CCN(S(=O)(=O)c2ccc(F)cc2)CC1)c1ccc(Nc2ccccc2)cc1. The van der Waals surface area contributed by atoms with Crippen LogP contribution in [0, 0.1) is 11.7 Å². The minimum Gasteiger partial charge on any atom is -0.356 e. The second-order valence-electron chi connectivity index (χ2n) is 8.97. The summed E-state index contributed by atoms with van der Waals surface area (Å²) < 4.78 is 40.4. The van der Waals surface area contributed by atoms with Gasteiger partial charge in [-0.1, -0.05) is 18.2 Å². The van der Waals surface area contributed by atoms with Crippen molar-refractivity contribution < 1.29 is 17.6 Å². The van der Waals surface area contributed by atoms with Crippen LogP contribution in [0.15, 0.2) is 83.8 Å². The minimum atomic E-state index is -3.71. The zero-order chi connectivity index (χ0) is 25.0. The molecule has 184 valence electrons. The fourth-order valence-electron chi connectivity index (χ4n) is 4.37. The van der Waals surface area contributed by atoms with Crippen LogP contribution in [0.3, 0.4) is 0 Å². The predicted octanol–water partition coefficient (Wildman–Crippen LogP) is 5.41. The third kappa shape index (κ3) is 5.71. The smallest absolute Gasteiger partial charge is 0.243 e. The van der Waals surface area contributed by atoms with Gasteiger partial charge in [0.05, 0.1) is 4.90 Å². The average molecular weight is 496 g/mol. The van der Waals surface area contributed by atoms with E-state index in [1.807, 2.05) is 68.4 Å². The summed E-state index contributed by atoms with van der Waals surface area (Å²) in [5, 5.41) is 3.34. The van der Waals surface area contributed by atoms with Crippen molar-refractivity contribution in [2.45, 2.75) is 37.6 Å². The number of nitrogens with one attached hydrogen (secondary N) is 1. The number of piperidine rings is 1. The Morgan fingerprint density at radius 3 is 2.06 bits per heavy atom. The number of rotatable bonds is 7. The number of carbonyl (C=O) groups is 1. The van der Waals surface area contributed by atoms with Crippen molar-refractivity contribution in [1.29, 1.82) is 0 Å². The molecule has 0 atom stereocenters. The Balaban J connectivity index is 1.42. The summed E-state index contributed by atoms with van der Waals surface area (Å²) >= 11 is 0. The highest BCUT2D eigenvalue weighted by Crippen LogP contribution is 2.29. The predicted molar refractivity (Wildman–Crippen MR) is 137 cm³/mol. The molecule has 1 aliphatic rings. The zero-order valence-electron chi connectivity index (χ0n) is 19.9. The van der Waals surface area contributed by atoms with Gasteiger partial charge in [0.25, 0.3) is 0 Å². The van der Waals surface area contributed by atoms with Crippen LogP contribution in [0.4, 0.5) is 21.5 Å². The molecule has 0 aliphatic carbocycles. The molecule has 0 spiro atoms. The lowest BCUT2D eigenvalue weighted by atomic mass is 9.95. The van der Waals surface area contributed by atoms with E-state index in [1.54, 1.807) is 4.90 Å². The summed E-state index contributed by atoms with van der Waals surface area (Å²) in [7, 11) is -3.71. The summed E-state index contributed by atoms with van der Waals surface area (Å²) in [6, 6.07) is 22.4. The molecule has 35 heavy (non-hydrogen) atoms. The van der Waals surface area contributed by atoms with Crippen LogP contribution >= 0.6 is 0 Å². The molecule has 4 rings (SSSR count). The molecule has 0 bridgehead atoms. The molecule has 0 radical (unpaired) electrons. The molecule has 0 unspecified atom stereocenters. The number of carbonyl (C=O) groups excluding carboxylic acids is 1. The van der Waals surface area contributed by atoms with Gasteiger partial charge < -0.3 is 10.2 Å². The van der Waals surface area contributed by atoms with E-state index in [0.29, 0.717) is 12.8 Å². The molecule has 1 aliphatic heterocycles. The molecule has 0 aromatic heterocycles. The standard InChI is InChI=1S/C27H30FN3O3S/c1-20(2)31(25-12-10-24(11-13-25)29-23-6-4-3-5-7-23)27(32)21-16-18-30(19-17-21)35(33,34)26-14-8-22(28)9-15-26/h3-15,20-21,29H,16-19H2,1-2H3. The largest absolute Gasteiger partial charge is 0.356 e. The Kier molecular flexibility index (Phi) is 7.52. The first-order chi connectivity index (χ1) is 16.8. The highest BCUT2D eigenvalue weighted by molar-refractivity contribution is 7.89. The molecule has 6 nitrogen and oxygen atoms in total. The van der Waals surface area contributed by atoms with Crippen molar-refractivity contribution in [3.8, 4) is 0 Å². The first-order valence-electron chi connectivity index (χ1n) is 11.8. The molecule has 0 saturated carbocycles. The third-order valence-electron chi connectivity index (χ3n) is 6.22. The first kappa shape index (κ1) is 24.9. The van der Waals surface area contributed by atoms with E-state index in [-0.39, 0.29) is 35.9 Å². The Morgan fingerprint density at radius 1 is 0.914 bits per heavy atom. The van der Waals surface area contributed by atoms with E-state index in [1.165, 1.54) is 16.4 Å². The molecular formula is C27H30FN3O3S. The Morgan fingerprint density at radius 2 is 1.49 bits per heavy atom. The van der Waals surface area contributed by atoms with Crippen molar-refractivity contribution >= 4 is 33.0 Å². The molecule has 1 amide bonds. The Labute approximate surface area is 206 Å². The lowest BCUT2D eigenvalue weighted by molar-refractivity contribution is -0.123. The molecule has 8 heteroatoms. The highest BCUT2D eigenvalue weighted by atomic mass is 32.2. The first-order valence-corrected chi connectivity index (χ1v) is 13.2. The van der Waals surface area contributed by atoms with Crippen molar-refractivity contribution in [3.05, 3.63) is 84.7 Å². The molecule has 3 aromatic rings. The Hall–Kier alpha value is -3.23. The molecular weight excluding hydrogens is 465 g/mol. The van der Waals surface area contributed by atoms with Gasteiger partial charge in [-0.25, -0.2) is 12.8 Å². The number of amides is 1. The van der Waals surface area contributed by atoms with Crippen molar-refractivity contribution in [1.82, 2.24) is 4.31 Å². The van der Waals surface area contributed by atoms with Crippen LogP contribution < -0.4 is 10.2 Å². The van der Waals surface area contributed by atoms with E-state index in [0.717, 1.165) is 29.2 Å². The molecule has 1 saturated heterocycles. The Bertz CT molecular complexity index is 1240. The lowest BCUT2D eigenvalue weighted by Gasteiger charge is -2.35. The fourth-order valence-corrected chi connectivity index (χ4v) is 5.84. The molecule has 1 heterocycles. The van der Waals surface area contributed by atoms with Crippen LogP contribution in [-0.2, 0) is 14.8 Å². The van der Waals surface area contributed by atoms with Gasteiger partial charge in [0.1, 0.15) is 5.82 Å². The van der Waals surface area contributed by atoms with Gasteiger partial charge in [-0.3, -0.25) is 4.79 Å². The number of nitrogens with zero attached hydrogens (tertiary/aromatic N) is 2. The van der Waals surface area contributed by atoms with E-state index in [2.05, 4.69) is 5.32 Å². The molecule has 3 aromatic carbocycles. The van der Waals surface area contributed by atoms with Gasteiger partial charge >= 0.3 is 0 Å². The van der Waals surface area contributed by atoms with Gasteiger partial charge in [-0.15, -0.1) is 0 Å². The number of sulfonamides is 1. The number of hydrogen-bond acceptors (Lipinski definition) is 4. The third-order valence-corrected chi connectivity index (χ3v) is 8.13. The number of halogens is 1. The number of para-hydroxylation sites is 1. The zero-order valence-corrected chi connectivity index (χ0v) is 20.7. The molecule has 1 N–H and O–H groups in total. The van der Waals surface area contributed by atoms with Gasteiger partial charge in [-0.2, -0.15) is 4.31 Å². The van der Waals surface area contributed by atoms with Gasteiger partial charge in [-0.05, 0) is 87.4 Å². The summed E-state index contributed by atoms with van der Waals surface area (Å²) in [4.78, 5) is 15.3. The van der Waals surface area contributed by atoms with E-state index in [9.17, 15) is 17.6 Å². The van der Waals surface area contributed by atoms with Crippen molar-refractivity contribution in [3.63, 3.8) is 0 Å². The van der Waals surface area contributed by atoms with Crippen LogP contribution in [0.5, 0.6) is 0 Å². The van der Waals surface area contributed by atoms with Crippen LogP contribution in [0.2, 0.25) is 0 Å². The van der Waals surface area contributed by atoms with Gasteiger partial charge in [0.2, 0.25) is 15.9 Å². The second kappa shape index (κ2) is 10.6. The van der Waals surface area contributed by atoms with E-state index < -0.39 is 15.8 Å². The normalized spacial score (nSPS) is 15.2. The van der Waals surface area contributed by atoms with Gasteiger partial charge in [0, 0.05) is 42.1 Å². The van der Waals surface area contributed by atoms with Crippen molar-refractivity contribution in [2.24, 2.45) is 5.92 Å². The monoisotopic (exact) mass is 495 g/mol. The van der Waals surface area contributed by atoms with Crippen LogP contribution in [-0.4, -0.2) is 37.8 Å². The maximum atomic E-state index is 13.5. The maximum absolute atomic E-state index is 13.5. The number of anilines is 3. The highest BCUT2D eigenvalue weighted by Gasteiger charge is 2.35. The average Bonchev–Trinajstić information content (AvgIpc) is 2.86. The van der Waals surface area contributed by atoms with E-state index >= 15 is 0 Å². The summed E-state index contributed by atoms with van der Waals surface area (Å²) in [5.74, 6) is -0.743. The van der Waals surface area contributed by atoms with Crippen LogP contribution in [0.1, 0.15) is 26.7 Å². The van der Waals surface area contributed by atoms with Crippen LogP contribution in [0.25, 0.3) is 0 Å². The second-order valence-corrected chi connectivity index (χ2v) is 10.9. The summed E-state index contributed by atoms with van der Waals surface area (Å²) in [6.45, 7) is 4.45. The lowest BCUT2D eigenvalue weighted by Crippen LogP contribution is -2.46. The topological polar surface area (TPSA) is 69.7 Å². The summed E-state index contributed by atoms with van der Waals surface area (Å²) in [5.41, 5.74) is 2.72. The number of hydrogen-bond donors (Lipinski definition) is 1. The van der Waals surface area contributed by atoms with E-state index in [4.69, 9.17) is 0 Å². The van der Waals surface area contributed by atoms with Crippen molar-refractivity contribution in [2.75, 3.05) is 23.3 Å². The fraction of sp³-hybridized carbons (Fsp3) is 0.296. The quantitative estimate of drug-likeness (QED) is 0.476. The van der Waals surface area contributed by atoms with Gasteiger partial charge in [0.15, 0.2) is 0 Å². The minimum absolute atomic E-state index is 0.00241.